The molecule has 3 rings (SSSR count). The summed E-state index contributed by atoms with van der Waals surface area (Å²) in [5.74, 6) is 0.305. The minimum absolute atomic E-state index is 0.0554. The number of thioether (sulfide) groups is 1. The summed E-state index contributed by atoms with van der Waals surface area (Å²) in [6, 6.07) is 19.2. The topological polar surface area (TPSA) is 29.1 Å². The van der Waals surface area contributed by atoms with E-state index in [9.17, 15) is 4.79 Å². The van der Waals surface area contributed by atoms with Crippen LogP contribution < -0.4 is 5.32 Å². The third-order valence-electron chi connectivity index (χ3n) is 4.02. The monoisotopic (exact) mass is 323 g/mol. The molecule has 3 heteroatoms. The Morgan fingerprint density at radius 2 is 1.70 bits per heavy atom. The normalized spacial score (nSPS) is 16.3. The van der Waals surface area contributed by atoms with Crippen LogP contribution in [0.15, 0.2) is 66.2 Å². The summed E-state index contributed by atoms with van der Waals surface area (Å²) in [5.41, 5.74) is 3.84. The van der Waals surface area contributed by atoms with Crippen LogP contribution in [0.3, 0.4) is 0 Å². The van der Waals surface area contributed by atoms with Crippen molar-refractivity contribution in [1.82, 2.24) is 5.32 Å². The summed E-state index contributed by atoms with van der Waals surface area (Å²) >= 11 is 1.56. The summed E-state index contributed by atoms with van der Waals surface area (Å²) in [7, 11) is 0. The first-order valence-corrected chi connectivity index (χ1v) is 9.01. The average Bonchev–Trinajstić information content (AvgIpc) is 3.15. The number of benzene rings is 2. The highest BCUT2D eigenvalue weighted by atomic mass is 32.2. The molecule has 1 heterocycles. The van der Waals surface area contributed by atoms with Gasteiger partial charge < -0.3 is 5.32 Å². The van der Waals surface area contributed by atoms with Crippen molar-refractivity contribution in [3.63, 3.8) is 0 Å². The number of Topliss-reactive ketones (excluding diaryl/α,β-unsaturated/α-hetero) is 1. The average molecular weight is 323 g/mol. The summed E-state index contributed by atoms with van der Waals surface area (Å²) in [5, 5.41) is 4.96. The minimum atomic E-state index is -0.0554. The van der Waals surface area contributed by atoms with E-state index in [1.807, 2.05) is 17.7 Å². The first-order valence-electron chi connectivity index (χ1n) is 8.06. The molecule has 1 N–H and O–H groups in total. The lowest BCUT2D eigenvalue weighted by Gasteiger charge is -2.08. The molecule has 1 atom stereocenters. The van der Waals surface area contributed by atoms with E-state index >= 15 is 0 Å². The van der Waals surface area contributed by atoms with Crippen LogP contribution in [0.5, 0.6) is 0 Å². The Labute approximate surface area is 142 Å². The second-order valence-corrected chi connectivity index (χ2v) is 6.74. The Morgan fingerprint density at radius 1 is 0.957 bits per heavy atom. The van der Waals surface area contributed by atoms with Gasteiger partial charge in [0.05, 0.1) is 0 Å². The van der Waals surface area contributed by atoms with E-state index in [2.05, 4.69) is 53.8 Å². The van der Waals surface area contributed by atoms with Crippen molar-refractivity contribution in [3.8, 4) is 11.1 Å². The molecule has 0 aliphatic carbocycles. The largest absolute Gasteiger partial charge is 0.372 e. The van der Waals surface area contributed by atoms with E-state index in [4.69, 9.17) is 0 Å². The minimum Gasteiger partial charge on any atom is -0.372 e. The molecule has 1 unspecified atom stereocenters. The Bertz CT molecular complexity index is 656. The van der Waals surface area contributed by atoms with Gasteiger partial charge in [0.25, 0.3) is 0 Å². The van der Waals surface area contributed by atoms with Gasteiger partial charge in [-0.2, -0.15) is 0 Å². The fraction of sp³-hybridized carbons (Fsp3) is 0.250. The van der Waals surface area contributed by atoms with Crippen molar-refractivity contribution >= 4 is 17.5 Å². The van der Waals surface area contributed by atoms with Gasteiger partial charge in [0.1, 0.15) is 5.37 Å². The molecule has 2 aromatic rings. The number of ketones is 1. The molecule has 0 aromatic heterocycles. The molecule has 0 fully saturated rings. The first-order chi connectivity index (χ1) is 11.3. The maximum atomic E-state index is 11.9. The summed E-state index contributed by atoms with van der Waals surface area (Å²) in [4.78, 5) is 11.9. The van der Waals surface area contributed by atoms with Crippen molar-refractivity contribution < 1.29 is 4.79 Å². The fourth-order valence-electron chi connectivity index (χ4n) is 2.71. The number of aryl methyl sites for hydroxylation is 1. The summed E-state index contributed by atoms with van der Waals surface area (Å²) in [6.45, 7) is 0. The molecule has 118 valence electrons. The van der Waals surface area contributed by atoms with Crippen LogP contribution in [-0.2, 0) is 11.2 Å². The molecule has 1 aliphatic rings. The van der Waals surface area contributed by atoms with E-state index in [0.717, 1.165) is 19.3 Å². The molecular formula is C20H21NOS. The highest BCUT2D eigenvalue weighted by Gasteiger charge is 2.18. The summed E-state index contributed by atoms with van der Waals surface area (Å²) in [6.07, 6.45) is 5.56. The second-order valence-electron chi connectivity index (χ2n) is 5.72. The van der Waals surface area contributed by atoms with Crippen molar-refractivity contribution in [2.24, 2.45) is 0 Å². The van der Waals surface area contributed by atoms with Gasteiger partial charge in [0.15, 0.2) is 5.78 Å². The molecule has 23 heavy (non-hydrogen) atoms. The van der Waals surface area contributed by atoms with Crippen LogP contribution in [0.1, 0.15) is 24.8 Å². The zero-order chi connectivity index (χ0) is 15.9. The van der Waals surface area contributed by atoms with Gasteiger partial charge in [-0.25, -0.2) is 0 Å². The van der Waals surface area contributed by atoms with Gasteiger partial charge in [-0.15, -0.1) is 0 Å². The smallest absolute Gasteiger partial charge is 0.165 e. The summed E-state index contributed by atoms with van der Waals surface area (Å²) < 4.78 is 0. The number of hydrogen-bond donors (Lipinski definition) is 1. The SMILES string of the molecule is O=C(CCCCc1ccc(-c2ccccc2)cc1)C1NC=CS1. The standard InChI is InChI=1S/C20H21NOS/c22-19(20-21-14-15-23-20)9-5-4-6-16-10-12-18(13-11-16)17-7-2-1-3-8-17/h1-3,7-8,10-15,20-21H,4-6,9H2. The third-order valence-corrected chi connectivity index (χ3v) is 4.99. The van der Waals surface area contributed by atoms with E-state index in [1.165, 1.54) is 16.7 Å². The number of unbranched alkanes of at least 4 members (excludes halogenated alkanes) is 1. The lowest BCUT2D eigenvalue weighted by atomic mass is 10.0. The predicted molar refractivity (Wildman–Crippen MR) is 98.1 cm³/mol. The van der Waals surface area contributed by atoms with Gasteiger partial charge in [0, 0.05) is 12.6 Å². The van der Waals surface area contributed by atoms with Crippen LogP contribution in [-0.4, -0.2) is 11.2 Å². The van der Waals surface area contributed by atoms with Crippen molar-refractivity contribution in [1.29, 1.82) is 0 Å². The van der Waals surface area contributed by atoms with E-state index in [0.29, 0.717) is 12.2 Å². The molecular weight excluding hydrogens is 302 g/mol. The highest BCUT2D eigenvalue weighted by molar-refractivity contribution is 8.03. The van der Waals surface area contributed by atoms with Crippen LogP contribution in [0.2, 0.25) is 0 Å². The molecule has 2 nitrogen and oxygen atoms in total. The fourth-order valence-corrected chi connectivity index (χ4v) is 3.45. The third kappa shape index (κ3) is 4.49. The maximum absolute atomic E-state index is 11.9. The van der Waals surface area contributed by atoms with Crippen LogP contribution >= 0.6 is 11.8 Å². The molecule has 2 aromatic carbocycles. The first kappa shape index (κ1) is 15.9. The van der Waals surface area contributed by atoms with E-state index in [-0.39, 0.29) is 5.37 Å². The molecule has 0 saturated heterocycles. The molecule has 0 bridgehead atoms. The number of carbonyl (C=O) groups excluding carboxylic acids is 1. The van der Waals surface area contributed by atoms with Crippen LogP contribution in [0.25, 0.3) is 11.1 Å². The Morgan fingerprint density at radius 3 is 2.39 bits per heavy atom. The number of rotatable bonds is 7. The molecule has 0 amide bonds. The molecule has 0 saturated carbocycles. The number of nitrogens with one attached hydrogen (secondary N) is 1. The van der Waals surface area contributed by atoms with E-state index in [1.54, 1.807) is 11.8 Å². The van der Waals surface area contributed by atoms with Crippen LogP contribution in [0, 0.1) is 0 Å². The van der Waals surface area contributed by atoms with Gasteiger partial charge in [0.2, 0.25) is 0 Å². The number of hydrogen-bond acceptors (Lipinski definition) is 3. The second kappa shape index (κ2) is 8.02. The lowest BCUT2D eigenvalue weighted by Crippen LogP contribution is -2.26. The Kier molecular flexibility index (Phi) is 5.54. The number of carbonyl (C=O) groups is 1. The van der Waals surface area contributed by atoms with Crippen molar-refractivity contribution in [2.75, 3.05) is 0 Å². The molecule has 1 aliphatic heterocycles. The highest BCUT2D eigenvalue weighted by Crippen LogP contribution is 2.21. The lowest BCUT2D eigenvalue weighted by molar-refractivity contribution is -0.118. The van der Waals surface area contributed by atoms with Gasteiger partial charge in [-0.1, -0.05) is 66.4 Å². The zero-order valence-corrected chi connectivity index (χ0v) is 13.9. The van der Waals surface area contributed by atoms with Crippen molar-refractivity contribution in [2.45, 2.75) is 31.1 Å². The maximum Gasteiger partial charge on any atom is 0.165 e. The predicted octanol–water partition coefficient (Wildman–Crippen LogP) is 4.77. The quantitative estimate of drug-likeness (QED) is 0.744. The Hall–Kier alpha value is -2.00. The van der Waals surface area contributed by atoms with Crippen molar-refractivity contribution in [3.05, 3.63) is 71.8 Å². The Balaban J connectivity index is 1.43. The van der Waals surface area contributed by atoms with E-state index < -0.39 is 0 Å². The van der Waals surface area contributed by atoms with Gasteiger partial charge in [-0.3, -0.25) is 4.79 Å². The molecule has 0 spiro atoms. The molecule has 0 radical (unpaired) electrons. The zero-order valence-electron chi connectivity index (χ0n) is 13.1. The van der Waals surface area contributed by atoms with Crippen LogP contribution in [0.4, 0.5) is 0 Å². The van der Waals surface area contributed by atoms with Gasteiger partial charge in [-0.05, 0) is 41.4 Å². The van der Waals surface area contributed by atoms with Gasteiger partial charge >= 0.3 is 0 Å².